The molecule has 19 heteroatoms. The van der Waals surface area contributed by atoms with Crippen molar-refractivity contribution in [2.45, 2.75) is 38.8 Å². The van der Waals surface area contributed by atoms with Crippen LogP contribution >= 0.6 is 0 Å². The maximum absolute atomic E-state index is 11.2. The highest BCUT2D eigenvalue weighted by Crippen LogP contribution is 2.19. The van der Waals surface area contributed by atoms with Crippen LogP contribution in [0.5, 0.6) is 5.75 Å². The summed E-state index contributed by atoms with van der Waals surface area (Å²) in [5.41, 5.74) is 14.2. The average Bonchev–Trinajstić information content (AvgIpc) is 2.00. The molecular formula is C75H71N15O4. The fourth-order valence-corrected chi connectivity index (χ4v) is 10.2. The number of fused-ring (bicyclic) bond motifs is 9. The lowest BCUT2D eigenvalue weighted by Crippen LogP contribution is -2.32. The number of carbonyl (C=O) groups excluding carboxylic acids is 3. The second-order valence-electron chi connectivity index (χ2n) is 21.3. The van der Waals surface area contributed by atoms with Crippen molar-refractivity contribution in [1.29, 1.82) is 0 Å². The van der Waals surface area contributed by atoms with Gasteiger partial charge in [0, 0.05) is 134 Å². The summed E-state index contributed by atoms with van der Waals surface area (Å²) in [5.74, 6) is 0.979. The number of hydrogen-bond donors (Lipinski definition) is 5. The highest BCUT2D eigenvalue weighted by molar-refractivity contribution is 5.97. The first kappa shape index (κ1) is 65.3. The molecular weight excluding hydrogens is 1170 g/mol. The van der Waals surface area contributed by atoms with Gasteiger partial charge in [0.15, 0.2) is 5.65 Å². The SMILES string of the molecule is O=C1NCCc2ccccc21.O=C1NCCc2cccnc21.O=C1NCc2cccnc21.c1ccc2c(c1)CCNCC2.c1ccc2c(c1)CNCCO2.c1cnc2cccnc2c1.c1cnc2ccncc2c1.c1cnc2cnccc2c1.c1cnc2ncccc2c1. The second-order valence-corrected chi connectivity index (χ2v) is 21.3. The van der Waals surface area contributed by atoms with Crippen LogP contribution in [0.2, 0.25) is 0 Å². The maximum atomic E-state index is 11.2. The number of nitrogens with one attached hydrogen (secondary N) is 5. The summed E-state index contributed by atoms with van der Waals surface area (Å²) in [6.45, 7) is 7.05. The van der Waals surface area contributed by atoms with Gasteiger partial charge in [0.2, 0.25) is 0 Å². The Morgan fingerprint density at radius 1 is 0.309 bits per heavy atom. The van der Waals surface area contributed by atoms with E-state index in [0.29, 0.717) is 17.9 Å². The second kappa shape index (κ2) is 35.7. The standard InChI is InChI=1S/C10H13N.C9H11NO.C9H9NO.C8H8N2O.4C8H6N2.C7H6N2O/c1-2-4-10-6-8-11-7-5-9(10)3-1;1-2-4-9-8(3-1)7-10-5-6-11-9;11-9-8-4-2-1-3-7(8)5-6-10-9;11-8-7-6(3-5-10-8)2-1-4-9-7;1-3-7-8(9-5-1)4-2-6-10-7;1-3-7-4-2-6-10-8(7)9-5-1;1-2-7-6-9-5-3-8(7)10-4-1;1-2-7-3-5-9-6-8(7)10-4-1;10-7-6-5(4-9-7)2-1-3-8-6/h1-4,11H,5-8H2;1-4,10H,5-7H2;1-4H,5-6H2,(H,10,11);1-2,4H,3,5H2,(H,10,11);4*1-6H;1-3H,4H2,(H,9,10). The van der Waals surface area contributed by atoms with Crippen LogP contribution < -0.4 is 31.3 Å². The zero-order valence-electron chi connectivity index (χ0n) is 51.8. The Kier molecular flexibility index (Phi) is 24.8. The molecule has 3 amide bonds. The first-order valence-electron chi connectivity index (χ1n) is 31.0. The van der Waals surface area contributed by atoms with E-state index in [1.165, 1.54) is 29.5 Å². The highest BCUT2D eigenvalue weighted by Gasteiger charge is 2.19. The maximum Gasteiger partial charge on any atom is 0.270 e. The number of amides is 3. The topological polar surface area (TPSA) is 249 Å². The van der Waals surface area contributed by atoms with E-state index < -0.39 is 0 Å². The number of hydrogen-bond acceptors (Lipinski definition) is 16. The van der Waals surface area contributed by atoms with Gasteiger partial charge in [0.05, 0.1) is 28.3 Å². The van der Waals surface area contributed by atoms with Gasteiger partial charge < -0.3 is 31.3 Å². The van der Waals surface area contributed by atoms with Crippen LogP contribution in [0.4, 0.5) is 0 Å². The molecule has 3 aromatic carbocycles. The number of pyridine rings is 10. The third-order valence-corrected chi connectivity index (χ3v) is 14.9. The molecule has 0 saturated heterocycles. The molecule has 0 saturated carbocycles. The zero-order chi connectivity index (χ0) is 64.6. The largest absolute Gasteiger partial charge is 0.492 e. The summed E-state index contributed by atoms with van der Waals surface area (Å²) in [7, 11) is 0. The van der Waals surface area contributed by atoms with Crippen molar-refractivity contribution < 1.29 is 19.1 Å². The van der Waals surface area contributed by atoms with Crippen molar-refractivity contribution in [3.8, 4) is 5.75 Å². The molecule has 0 atom stereocenters. The van der Waals surface area contributed by atoms with Crippen molar-refractivity contribution in [3.63, 3.8) is 0 Å². The van der Waals surface area contributed by atoms with Crippen molar-refractivity contribution >= 4 is 61.6 Å². The van der Waals surface area contributed by atoms with Gasteiger partial charge in [-0.15, -0.1) is 0 Å². The lowest BCUT2D eigenvalue weighted by molar-refractivity contribution is 0.0934. The molecule has 10 aromatic heterocycles. The van der Waals surface area contributed by atoms with Crippen LogP contribution in [0.1, 0.15) is 64.7 Å². The molecule has 0 spiro atoms. The van der Waals surface area contributed by atoms with Crippen LogP contribution in [0.15, 0.2) is 256 Å². The van der Waals surface area contributed by atoms with Crippen molar-refractivity contribution in [2.75, 3.05) is 39.3 Å². The minimum absolute atomic E-state index is 0.0492. The quantitative estimate of drug-likeness (QED) is 0.0947. The number of rotatable bonds is 0. The van der Waals surface area contributed by atoms with E-state index in [9.17, 15) is 14.4 Å². The Bertz CT molecular complexity index is 3850. The van der Waals surface area contributed by atoms with Gasteiger partial charge in [-0.2, -0.15) is 0 Å². The first-order chi connectivity index (χ1) is 46.4. The average molecular weight is 1250 g/mol. The minimum Gasteiger partial charge on any atom is -0.492 e. The molecule has 0 radical (unpaired) electrons. The number of para-hydroxylation sites is 1. The fourth-order valence-electron chi connectivity index (χ4n) is 10.2. The smallest absolute Gasteiger partial charge is 0.270 e. The number of aromatic nitrogens is 10. The predicted octanol–water partition coefficient (Wildman–Crippen LogP) is 10.7. The molecule has 5 aliphatic heterocycles. The molecule has 0 fully saturated rings. The number of carbonyl (C=O) groups is 3. The Balaban J connectivity index is 0.000000115. The van der Waals surface area contributed by atoms with Gasteiger partial charge in [0.1, 0.15) is 23.7 Å². The molecule has 15 heterocycles. The van der Waals surface area contributed by atoms with E-state index in [1.54, 1.807) is 68.2 Å². The van der Waals surface area contributed by atoms with Crippen LogP contribution in [0, 0.1) is 0 Å². The summed E-state index contributed by atoms with van der Waals surface area (Å²) >= 11 is 0. The normalized spacial score (nSPS) is 13.3. The highest BCUT2D eigenvalue weighted by atomic mass is 16.5. The van der Waals surface area contributed by atoms with Crippen LogP contribution in [0.3, 0.4) is 0 Å². The molecule has 19 nitrogen and oxygen atoms in total. The van der Waals surface area contributed by atoms with Gasteiger partial charge in [-0.3, -0.25) is 54.3 Å². The van der Waals surface area contributed by atoms with Gasteiger partial charge in [-0.1, -0.05) is 78.9 Å². The molecule has 5 N–H and O–H groups in total. The van der Waals surface area contributed by atoms with E-state index in [4.69, 9.17) is 4.74 Å². The van der Waals surface area contributed by atoms with Crippen LogP contribution in [-0.2, 0) is 38.8 Å². The molecule has 470 valence electrons. The number of nitrogens with zero attached hydrogens (tertiary/aromatic N) is 10. The molecule has 0 aliphatic carbocycles. The molecule has 5 aliphatic rings. The summed E-state index contributed by atoms with van der Waals surface area (Å²) in [6, 6.07) is 59.3. The Labute approximate surface area is 545 Å². The van der Waals surface area contributed by atoms with Gasteiger partial charge in [-0.05, 0) is 164 Å². The van der Waals surface area contributed by atoms with Crippen molar-refractivity contribution in [1.82, 2.24) is 76.4 Å². The van der Waals surface area contributed by atoms with Crippen LogP contribution in [0.25, 0.3) is 43.9 Å². The molecule has 0 bridgehead atoms. The van der Waals surface area contributed by atoms with Gasteiger partial charge in [-0.25, -0.2) is 9.97 Å². The summed E-state index contributed by atoms with van der Waals surface area (Å²) in [6.07, 6.45) is 25.2. The van der Waals surface area contributed by atoms with E-state index in [0.717, 1.165) is 131 Å². The monoisotopic (exact) mass is 1250 g/mol. The lowest BCUT2D eigenvalue weighted by atomic mass is 10.0. The van der Waals surface area contributed by atoms with E-state index in [-0.39, 0.29) is 17.7 Å². The molecule has 18 rings (SSSR count). The van der Waals surface area contributed by atoms with Crippen molar-refractivity contribution in [3.05, 3.63) is 307 Å². The summed E-state index contributed by atoms with van der Waals surface area (Å²) < 4.78 is 5.49. The zero-order valence-corrected chi connectivity index (χ0v) is 51.8. The third-order valence-electron chi connectivity index (χ3n) is 14.9. The number of benzene rings is 3. The Hall–Kier alpha value is -11.7. The van der Waals surface area contributed by atoms with Crippen LogP contribution in [-0.4, -0.2) is 107 Å². The molecule has 0 unspecified atom stereocenters. The van der Waals surface area contributed by atoms with Gasteiger partial charge >= 0.3 is 0 Å². The van der Waals surface area contributed by atoms with Crippen molar-refractivity contribution in [2.24, 2.45) is 0 Å². The molecule has 94 heavy (non-hydrogen) atoms. The summed E-state index contributed by atoms with van der Waals surface area (Å²) in [4.78, 5) is 73.7. The summed E-state index contributed by atoms with van der Waals surface area (Å²) in [5, 5.41) is 18.2. The third kappa shape index (κ3) is 19.7. The Morgan fingerprint density at radius 2 is 0.798 bits per heavy atom. The van der Waals surface area contributed by atoms with E-state index in [1.807, 2.05) is 158 Å². The predicted molar refractivity (Wildman–Crippen MR) is 367 cm³/mol. The Morgan fingerprint density at radius 3 is 1.45 bits per heavy atom. The fraction of sp³-hybridized carbons (Fsp3) is 0.160. The number of ether oxygens (including phenoxy) is 1. The van der Waals surface area contributed by atoms with E-state index in [2.05, 4.69) is 107 Å². The minimum atomic E-state index is -0.0596. The molecule has 13 aromatic rings. The van der Waals surface area contributed by atoms with E-state index >= 15 is 0 Å². The van der Waals surface area contributed by atoms with Gasteiger partial charge in [0.25, 0.3) is 17.7 Å². The first-order valence-corrected chi connectivity index (χ1v) is 31.0. The lowest BCUT2D eigenvalue weighted by Gasteiger charge is -2.15.